The smallest absolute Gasteiger partial charge is 0.223 e. The molecule has 2 aliphatic rings. The molecule has 5 heteroatoms. The number of methoxy groups -OCH3 is 2. The first kappa shape index (κ1) is 16.1. The summed E-state index contributed by atoms with van der Waals surface area (Å²) in [6, 6.07) is 2.96. The predicted molar refractivity (Wildman–Crippen MR) is 85.1 cm³/mol. The number of nitrogens with zero attached hydrogens (tertiary/aromatic N) is 1. The van der Waals surface area contributed by atoms with Crippen molar-refractivity contribution < 1.29 is 18.7 Å². The van der Waals surface area contributed by atoms with Crippen molar-refractivity contribution in [3.05, 3.63) is 23.5 Å². The van der Waals surface area contributed by atoms with Gasteiger partial charge in [-0.15, -0.1) is 0 Å². The highest BCUT2D eigenvalue weighted by Crippen LogP contribution is 2.44. The van der Waals surface area contributed by atoms with Gasteiger partial charge in [-0.1, -0.05) is 19.3 Å². The summed E-state index contributed by atoms with van der Waals surface area (Å²) in [7, 11) is 3.01. The van der Waals surface area contributed by atoms with Gasteiger partial charge in [0.25, 0.3) is 0 Å². The number of halogens is 1. The van der Waals surface area contributed by atoms with Crippen LogP contribution in [0.2, 0.25) is 0 Å². The molecule has 0 aromatic heterocycles. The Bertz CT molecular complexity index is 596. The van der Waals surface area contributed by atoms with Gasteiger partial charge in [0, 0.05) is 31.1 Å². The van der Waals surface area contributed by atoms with Crippen LogP contribution in [0.4, 0.5) is 4.39 Å². The van der Waals surface area contributed by atoms with Gasteiger partial charge in [0.2, 0.25) is 5.91 Å². The van der Waals surface area contributed by atoms with Gasteiger partial charge in [0.05, 0.1) is 14.2 Å². The SMILES string of the molecule is COc1cc(F)c(CN2CC3(CCCCC3)CC2=O)cc1OC. The van der Waals surface area contributed by atoms with E-state index in [1.165, 1.54) is 39.5 Å². The number of amides is 1. The van der Waals surface area contributed by atoms with Crippen LogP contribution in [-0.4, -0.2) is 31.6 Å². The number of carbonyl (C=O) groups excluding carboxylic acids is 1. The maximum atomic E-state index is 14.3. The molecule has 1 saturated heterocycles. The fourth-order valence-corrected chi connectivity index (χ4v) is 3.99. The number of hydrogen-bond acceptors (Lipinski definition) is 3. The maximum Gasteiger partial charge on any atom is 0.223 e. The molecular weight excluding hydrogens is 297 g/mol. The number of hydrogen-bond donors (Lipinski definition) is 0. The minimum atomic E-state index is -0.361. The minimum Gasteiger partial charge on any atom is -0.493 e. The van der Waals surface area contributed by atoms with Crippen molar-refractivity contribution in [3.8, 4) is 11.5 Å². The van der Waals surface area contributed by atoms with Crippen molar-refractivity contribution in [2.24, 2.45) is 5.41 Å². The molecular formula is C18H24FNO3. The predicted octanol–water partition coefficient (Wildman–Crippen LogP) is 3.53. The molecule has 1 spiro atoms. The first-order chi connectivity index (χ1) is 11.1. The van der Waals surface area contributed by atoms with Crippen molar-refractivity contribution in [1.82, 2.24) is 4.90 Å². The lowest BCUT2D eigenvalue weighted by Gasteiger charge is -2.32. The van der Waals surface area contributed by atoms with Gasteiger partial charge in [-0.2, -0.15) is 0 Å². The van der Waals surface area contributed by atoms with E-state index in [9.17, 15) is 9.18 Å². The zero-order valence-electron chi connectivity index (χ0n) is 13.9. The van der Waals surface area contributed by atoms with Crippen LogP contribution in [0.25, 0.3) is 0 Å². The number of likely N-dealkylation sites (tertiary alicyclic amines) is 1. The van der Waals surface area contributed by atoms with E-state index in [1.54, 1.807) is 11.0 Å². The van der Waals surface area contributed by atoms with Crippen LogP contribution in [0.1, 0.15) is 44.1 Å². The van der Waals surface area contributed by atoms with Gasteiger partial charge in [0.15, 0.2) is 11.5 Å². The monoisotopic (exact) mass is 321 g/mol. The van der Waals surface area contributed by atoms with E-state index in [4.69, 9.17) is 9.47 Å². The molecule has 0 radical (unpaired) electrons. The lowest BCUT2D eigenvalue weighted by molar-refractivity contribution is -0.128. The van der Waals surface area contributed by atoms with Crippen LogP contribution < -0.4 is 9.47 Å². The third-order valence-electron chi connectivity index (χ3n) is 5.23. The second kappa shape index (κ2) is 6.38. The molecule has 3 rings (SSSR count). The lowest BCUT2D eigenvalue weighted by atomic mass is 9.73. The quantitative estimate of drug-likeness (QED) is 0.851. The summed E-state index contributed by atoms with van der Waals surface area (Å²) in [6.07, 6.45) is 6.51. The van der Waals surface area contributed by atoms with Crippen LogP contribution >= 0.6 is 0 Å². The van der Waals surface area contributed by atoms with Gasteiger partial charge in [0.1, 0.15) is 5.82 Å². The molecule has 1 heterocycles. The largest absolute Gasteiger partial charge is 0.493 e. The molecule has 0 bridgehead atoms. The Labute approximate surface area is 136 Å². The van der Waals surface area contributed by atoms with Gasteiger partial charge in [-0.3, -0.25) is 4.79 Å². The number of rotatable bonds is 4. The van der Waals surface area contributed by atoms with Gasteiger partial charge < -0.3 is 14.4 Å². The zero-order valence-corrected chi connectivity index (χ0v) is 13.9. The molecule has 1 aromatic carbocycles. The molecule has 0 N–H and O–H groups in total. The summed E-state index contributed by atoms with van der Waals surface area (Å²) in [5.74, 6) is 0.634. The second-order valence-corrected chi connectivity index (χ2v) is 6.79. The molecule has 0 unspecified atom stereocenters. The summed E-state index contributed by atoms with van der Waals surface area (Å²) in [5.41, 5.74) is 0.603. The number of carbonyl (C=O) groups is 1. The van der Waals surface area contributed by atoms with E-state index in [0.717, 1.165) is 19.4 Å². The molecule has 1 saturated carbocycles. The molecule has 23 heavy (non-hydrogen) atoms. The topological polar surface area (TPSA) is 38.8 Å². The van der Waals surface area contributed by atoms with Crippen molar-refractivity contribution in [2.75, 3.05) is 20.8 Å². The Morgan fingerprint density at radius 3 is 2.43 bits per heavy atom. The summed E-state index contributed by atoms with van der Waals surface area (Å²) >= 11 is 0. The Hall–Kier alpha value is -1.78. The van der Waals surface area contributed by atoms with Crippen LogP contribution in [0.15, 0.2) is 12.1 Å². The molecule has 4 nitrogen and oxygen atoms in total. The van der Waals surface area contributed by atoms with Crippen LogP contribution in [0.3, 0.4) is 0 Å². The fourth-order valence-electron chi connectivity index (χ4n) is 3.99. The van der Waals surface area contributed by atoms with Crippen LogP contribution in [-0.2, 0) is 11.3 Å². The number of benzene rings is 1. The van der Waals surface area contributed by atoms with Crippen LogP contribution in [0, 0.1) is 11.2 Å². The molecule has 1 aliphatic carbocycles. The summed E-state index contributed by atoms with van der Waals surface area (Å²) in [5, 5.41) is 0. The highest BCUT2D eigenvalue weighted by Gasteiger charge is 2.43. The summed E-state index contributed by atoms with van der Waals surface area (Å²) in [6.45, 7) is 1.05. The third-order valence-corrected chi connectivity index (χ3v) is 5.23. The minimum absolute atomic E-state index is 0.127. The third kappa shape index (κ3) is 3.14. The normalized spacial score (nSPS) is 20.1. The Balaban J connectivity index is 1.78. The fraction of sp³-hybridized carbons (Fsp3) is 0.611. The summed E-state index contributed by atoms with van der Waals surface area (Å²) < 4.78 is 24.6. The van der Waals surface area contributed by atoms with Crippen molar-refractivity contribution in [1.29, 1.82) is 0 Å². The number of ether oxygens (including phenoxy) is 2. The van der Waals surface area contributed by atoms with E-state index < -0.39 is 0 Å². The average molecular weight is 321 g/mol. The van der Waals surface area contributed by atoms with Crippen molar-refractivity contribution >= 4 is 5.91 Å². The highest BCUT2D eigenvalue weighted by molar-refractivity contribution is 5.79. The molecule has 2 fully saturated rings. The first-order valence-corrected chi connectivity index (χ1v) is 8.25. The second-order valence-electron chi connectivity index (χ2n) is 6.79. The molecule has 1 amide bonds. The highest BCUT2D eigenvalue weighted by atomic mass is 19.1. The van der Waals surface area contributed by atoms with Gasteiger partial charge in [-0.05, 0) is 24.3 Å². The Morgan fingerprint density at radius 2 is 1.78 bits per heavy atom. The van der Waals surface area contributed by atoms with E-state index in [1.807, 2.05) is 0 Å². The van der Waals surface area contributed by atoms with E-state index in [2.05, 4.69) is 0 Å². The van der Waals surface area contributed by atoms with Gasteiger partial charge >= 0.3 is 0 Å². The average Bonchev–Trinajstić information content (AvgIpc) is 2.84. The molecule has 0 atom stereocenters. The standard InChI is InChI=1S/C18H24FNO3/c1-22-15-8-13(14(19)9-16(15)23-2)11-20-12-18(10-17(20)21)6-4-3-5-7-18/h8-9H,3-7,10-12H2,1-2H3. The van der Waals surface area contributed by atoms with Gasteiger partial charge in [-0.25, -0.2) is 4.39 Å². The Morgan fingerprint density at radius 1 is 1.13 bits per heavy atom. The zero-order chi connectivity index (χ0) is 16.4. The molecule has 1 aromatic rings. The van der Waals surface area contributed by atoms with E-state index in [0.29, 0.717) is 30.0 Å². The molecule has 1 aliphatic heterocycles. The maximum absolute atomic E-state index is 14.3. The van der Waals surface area contributed by atoms with Crippen LogP contribution in [0.5, 0.6) is 11.5 Å². The van der Waals surface area contributed by atoms with Crippen molar-refractivity contribution in [2.45, 2.75) is 45.1 Å². The Kier molecular flexibility index (Phi) is 4.46. The lowest BCUT2D eigenvalue weighted by Crippen LogP contribution is -2.30. The molecule has 126 valence electrons. The first-order valence-electron chi connectivity index (χ1n) is 8.25. The van der Waals surface area contributed by atoms with Crippen molar-refractivity contribution in [3.63, 3.8) is 0 Å². The van der Waals surface area contributed by atoms with E-state index >= 15 is 0 Å². The summed E-state index contributed by atoms with van der Waals surface area (Å²) in [4.78, 5) is 14.2. The van der Waals surface area contributed by atoms with E-state index in [-0.39, 0.29) is 17.1 Å².